The van der Waals surface area contributed by atoms with Gasteiger partial charge in [-0.3, -0.25) is 9.69 Å². The number of nitrogens with zero attached hydrogens (tertiary/aromatic N) is 1. The van der Waals surface area contributed by atoms with Crippen LogP contribution in [-0.2, 0) is 17.9 Å². The second-order valence-corrected chi connectivity index (χ2v) is 7.01. The Bertz CT molecular complexity index is 513. The molecule has 1 fully saturated rings. The van der Waals surface area contributed by atoms with Crippen molar-refractivity contribution in [3.8, 4) is 0 Å². The SMILES string of the molecule is NCCCCCCC(=O)NCc1ccccc1CN1CCC(O)CC1. The minimum atomic E-state index is -0.143. The molecule has 0 bridgehead atoms. The zero-order chi connectivity index (χ0) is 17.9. The number of aliphatic hydroxyl groups is 1. The van der Waals surface area contributed by atoms with Crippen LogP contribution < -0.4 is 11.1 Å². The van der Waals surface area contributed by atoms with Crippen LogP contribution in [0.1, 0.15) is 56.1 Å². The van der Waals surface area contributed by atoms with Crippen LogP contribution in [0, 0.1) is 0 Å². The second-order valence-electron chi connectivity index (χ2n) is 7.01. The van der Waals surface area contributed by atoms with Crippen molar-refractivity contribution in [3.05, 3.63) is 35.4 Å². The molecule has 0 saturated carbocycles. The zero-order valence-corrected chi connectivity index (χ0v) is 15.3. The number of hydrogen-bond acceptors (Lipinski definition) is 4. The first-order valence-electron chi connectivity index (χ1n) is 9.63. The summed E-state index contributed by atoms with van der Waals surface area (Å²) in [5, 5.41) is 12.7. The molecular formula is C20H33N3O2. The van der Waals surface area contributed by atoms with E-state index in [0.29, 0.717) is 13.0 Å². The van der Waals surface area contributed by atoms with Gasteiger partial charge in [0.15, 0.2) is 0 Å². The Labute approximate surface area is 151 Å². The molecule has 0 unspecified atom stereocenters. The highest BCUT2D eigenvalue weighted by Gasteiger charge is 2.17. The van der Waals surface area contributed by atoms with E-state index < -0.39 is 0 Å². The lowest BCUT2D eigenvalue weighted by atomic mass is 10.0. The molecule has 25 heavy (non-hydrogen) atoms. The quantitative estimate of drug-likeness (QED) is 0.567. The van der Waals surface area contributed by atoms with E-state index in [9.17, 15) is 9.90 Å². The lowest BCUT2D eigenvalue weighted by Gasteiger charge is -2.30. The first-order valence-corrected chi connectivity index (χ1v) is 9.63. The number of rotatable bonds is 10. The van der Waals surface area contributed by atoms with Crippen LogP contribution in [0.5, 0.6) is 0 Å². The van der Waals surface area contributed by atoms with Crippen LogP contribution >= 0.6 is 0 Å². The molecule has 1 heterocycles. The molecule has 1 aliphatic heterocycles. The van der Waals surface area contributed by atoms with Gasteiger partial charge in [0.2, 0.25) is 5.91 Å². The summed E-state index contributed by atoms with van der Waals surface area (Å²) in [5.41, 5.74) is 7.93. The van der Waals surface area contributed by atoms with Crippen molar-refractivity contribution < 1.29 is 9.90 Å². The minimum absolute atomic E-state index is 0.128. The Balaban J connectivity index is 1.75. The van der Waals surface area contributed by atoms with Gasteiger partial charge < -0.3 is 16.2 Å². The van der Waals surface area contributed by atoms with Gasteiger partial charge in [0.25, 0.3) is 0 Å². The molecule has 0 spiro atoms. The van der Waals surface area contributed by atoms with Crippen molar-refractivity contribution >= 4 is 5.91 Å². The van der Waals surface area contributed by atoms with E-state index in [-0.39, 0.29) is 12.0 Å². The summed E-state index contributed by atoms with van der Waals surface area (Å²) in [6, 6.07) is 8.31. The van der Waals surface area contributed by atoms with Crippen LogP contribution in [0.2, 0.25) is 0 Å². The molecule has 1 saturated heterocycles. The molecule has 1 aliphatic rings. The number of amides is 1. The van der Waals surface area contributed by atoms with Gasteiger partial charge >= 0.3 is 0 Å². The van der Waals surface area contributed by atoms with Gasteiger partial charge in [0.1, 0.15) is 0 Å². The fraction of sp³-hybridized carbons (Fsp3) is 0.650. The molecule has 2 rings (SSSR count). The maximum absolute atomic E-state index is 12.0. The van der Waals surface area contributed by atoms with Gasteiger partial charge in [-0.05, 0) is 43.4 Å². The number of likely N-dealkylation sites (tertiary alicyclic amines) is 1. The molecule has 0 atom stereocenters. The van der Waals surface area contributed by atoms with Gasteiger partial charge in [-0.1, -0.05) is 37.1 Å². The highest BCUT2D eigenvalue weighted by Crippen LogP contribution is 2.16. The first kappa shape index (κ1) is 19.9. The third kappa shape index (κ3) is 7.55. The Morgan fingerprint density at radius 2 is 1.80 bits per heavy atom. The number of nitrogens with one attached hydrogen (secondary N) is 1. The number of hydrogen-bond donors (Lipinski definition) is 3. The second kappa shape index (κ2) is 11.2. The summed E-state index contributed by atoms with van der Waals surface area (Å²) in [4.78, 5) is 14.4. The summed E-state index contributed by atoms with van der Waals surface area (Å²) in [6.07, 6.45) is 6.31. The van der Waals surface area contributed by atoms with E-state index in [1.54, 1.807) is 0 Å². The summed E-state index contributed by atoms with van der Waals surface area (Å²) in [6.45, 7) is 4.08. The molecule has 0 aliphatic carbocycles. The van der Waals surface area contributed by atoms with Crippen molar-refractivity contribution in [2.24, 2.45) is 5.73 Å². The normalized spacial score (nSPS) is 16.1. The molecule has 5 nitrogen and oxygen atoms in total. The highest BCUT2D eigenvalue weighted by atomic mass is 16.3. The summed E-state index contributed by atoms with van der Waals surface area (Å²) in [5.74, 6) is 0.128. The first-order chi connectivity index (χ1) is 12.2. The summed E-state index contributed by atoms with van der Waals surface area (Å²) < 4.78 is 0. The van der Waals surface area contributed by atoms with E-state index in [4.69, 9.17) is 5.73 Å². The largest absolute Gasteiger partial charge is 0.393 e. The standard InChI is InChI=1S/C20H33N3O2/c21-12-6-2-1-3-9-20(25)22-15-17-7-4-5-8-18(17)16-23-13-10-19(24)11-14-23/h4-5,7-8,19,24H,1-3,6,9-16,21H2,(H,22,25). The maximum atomic E-state index is 12.0. The third-order valence-electron chi connectivity index (χ3n) is 4.90. The number of aliphatic hydroxyl groups excluding tert-OH is 1. The number of nitrogens with two attached hydrogens (primary N) is 1. The predicted octanol–water partition coefficient (Wildman–Crippen LogP) is 2.17. The number of carbonyl (C=O) groups excluding carboxylic acids is 1. The molecule has 0 aromatic heterocycles. The van der Waals surface area contributed by atoms with Crippen molar-refractivity contribution in [2.45, 2.75) is 64.1 Å². The Hall–Kier alpha value is -1.43. The number of piperidine rings is 1. The molecule has 5 heteroatoms. The number of benzene rings is 1. The van der Waals surface area contributed by atoms with Crippen molar-refractivity contribution in [1.82, 2.24) is 10.2 Å². The Kier molecular flexibility index (Phi) is 8.94. The Morgan fingerprint density at radius 1 is 1.12 bits per heavy atom. The maximum Gasteiger partial charge on any atom is 0.220 e. The molecule has 1 aromatic carbocycles. The van der Waals surface area contributed by atoms with E-state index >= 15 is 0 Å². The topological polar surface area (TPSA) is 78.6 Å². The van der Waals surface area contributed by atoms with Gasteiger partial charge in [-0.2, -0.15) is 0 Å². The number of unbranched alkanes of at least 4 members (excludes halogenated alkanes) is 3. The summed E-state index contributed by atoms with van der Waals surface area (Å²) >= 11 is 0. The molecular weight excluding hydrogens is 314 g/mol. The Morgan fingerprint density at radius 3 is 2.52 bits per heavy atom. The van der Waals surface area contributed by atoms with Crippen molar-refractivity contribution in [3.63, 3.8) is 0 Å². The average molecular weight is 348 g/mol. The van der Waals surface area contributed by atoms with E-state index in [0.717, 1.165) is 64.7 Å². The van der Waals surface area contributed by atoms with Crippen LogP contribution in [-0.4, -0.2) is 41.7 Å². The van der Waals surface area contributed by atoms with E-state index in [1.165, 1.54) is 11.1 Å². The van der Waals surface area contributed by atoms with Gasteiger partial charge in [0.05, 0.1) is 6.10 Å². The van der Waals surface area contributed by atoms with Gasteiger partial charge in [-0.25, -0.2) is 0 Å². The fourth-order valence-corrected chi connectivity index (χ4v) is 3.27. The van der Waals surface area contributed by atoms with Crippen LogP contribution in [0.25, 0.3) is 0 Å². The monoisotopic (exact) mass is 347 g/mol. The fourth-order valence-electron chi connectivity index (χ4n) is 3.27. The molecule has 140 valence electrons. The van der Waals surface area contributed by atoms with Gasteiger partial charge in [0, 0.05) is 32.6 Å². The molecule has 4 N–H and O–H groups in total. The third-order valence-corrected chi connectivity index (χ3v) is 4.90. The van der Waals surface area contributed by atoms with Gasteiger partial charge in [-0.15, -0.1) is 0 Å². The lowest BCUT2D eigenvalue weighted by molar-refractivity contribution is -0.121. The smallest absolute Gasteiger partial charge is 0.220 e. The number of carbonyl (C=O) groups is 1. The average Bonchev–Trinajstić information content (AvgIpc) is 2.63. The van der Waals surface area contributed by atoms with Crippen LogP contribution in [0.3, 0.4) is 0 Å². The highest BCUT2D eigenvalue weighted by molar-refractivity contribution is 5.75. The van der Waals surface area contributed by atoms with E-state index in [2.05, 4.69) is 28.4 Å². The van der Waals surface area contributed by atoms with Crippen LogP contribution in [0.4, 0.5) is 0 Å². The minimum Gasteiger partial charge on any atom is -0.393 e. The van der Waals surface area contributed by atoms with Crippen molar-refractivity contribution in [2.75, 3.05) is 19.6 Å². The van der Waals surface area contributed by atoms with Crippen LogP contribution in [0.15, 0.2) is 24.3 Å². The van der Waals surface area contributed by atoms with Crippen molar-refractivity contribution in [1.29, 1.82) is 0 Å². The molecule has 1 aromatic rings. The molecule has 1 amide bonds. The predicted molar refractivity (Wildman–Crippen MR) is 101 cm³/mol. The van der Waals surface area contributed by atoms with E-state index in [1.807, 2.05) is 6.07 Å². The zero-order valence-electron chi connectivity index (χ0n) is 15.3. The lowest BCUT2D eigenvalue weighted by Crippen LogP contribution is -2.35. The molecule has 0 radical (unpaired) electrons. The summed E-state index contributed by atoms with van der Waals surface area (Å²) in [7, 11) is 0.